The van der Waals surface area contributed by atoms with E-state index in [0.717, 1.165) is 24.6 Å². The average Bonchev–Trinajstić information content (AvgIpc) is 2.80. The molecular formula is C19H29N5. The van der Waals surface area contributed by atoms with Gasteiger partial charge in [0.1, 0.15) is 0 Å². The van der Waals surface area contributed by atoms with Crippen molar-refractivity contribution >= 4 is 5.96 Å². The average molecular weight is 327 g/mol. The molecule has 0 amide bonds. The van der Waals surface area contributed by atoms with E-state index < -0.39 is 0 Å². The Balaban J connectivity index is 2.01. The molecule has 1 atom stereocenters. The second kappa shape index (κ2) is 8.52. The molecule has 0 aliphatic rings. The van der Waals surface area contributed by atoms with Crippen LogP contribution in [0.25, 0.3) is 0 Å². The van der Waals surface area contributed by atoms with E-state index in [1.807, 2.05) is 29.9 Å². The molecule has 1 aromatic carbocycles. The Hall–Kier alpha value is -2.30. The molecule has 130 valence electrons. The Morgan fingerprint density at radius 3 is 2.54 bits per heavy atom. The van der Waals surface area contributed by atoms with Crippen LogP contribution in [0.1, 0.15) is 36.4 Å². The van der Waals surface area contributed by atoms with Crippen molar-refractivity contribution in [1.29, 1.82) is 0 Å². The summed E-state index contributed by atoms with van der Waals surface area (Å²) >= 11 is 0. The third kappa shape index (κ3) is 4.85. The largest absolute Gasteiger partial charge is 0.357 e. The molecule has 0 radical (unpaired) electrons. The first kappa shape index (κ1) is 18.0. The Morgan fingerprint density at radius 2 is 1.96 bits per heavy atom. The van der Waals surface area contributed by atoms with E-state index in [9.17, 15) is 0 Å². The highest BCUT2D eigenvalue weighted by Gasteiger charge is 2.13. The molecule has 2 aromatic rings. The molecule has 2 rings (SSSR count). The minimum Gasteiger partial charge on any atom is -0.357 e. The fourth-order valence-electron chi connectivity index (χ4n) is 2.78. The van der Waals surface area contributed by atoms with E-state index in [0.29, 0.717) is 6.54 Å². The van der Waals surface area contributed by atoms with Crippen molar-refractivity contribution in [3.8, 4) is 0 Å². The standard InChI is InChI=1S/C19H29N5/c1-6-20-19(21-13-17-10-8-7-9-11-17)22-14(2)12-18-15(3)23-24(5)16(18)4/h7-11,14H,6,12-13H2,1-5H3,(H2,20,21,22). The number of nitrogens with zero attached hydrogens (tertiary/aromatic N) is 3. The summed E-state index contributed by atoms with van der Waals surface area (Å²) in [5, 5.41) is 11.3. The Bertz CT molecular complexity index is 673. The van der Waals surface area contributed by atoms with Gasteiger partial charge >= 0.3 is 0 Å². The lowest BCUT2D eigenvalue weighted by Crippen LogP contribution is -2.43. The van der Waals surface area contributed by atoms with Crippen LogP contribution >= 0.6 is 0 Å². The molecule has 5 nitrogen and oxygen atoms in total. The lowest BCUT2D eigenvalue weighted by molar-refractivity contribution is 0.636. The fraction of sp³-hybridized carbons (Fsp3) is 0.474. The topological polar surface area (TPSA) is 54.2 Å². The monoisotopic (exact) mass is 327 g/mol. The normalized spacial score (nSPS) is 13.0. The zero-order valence-electron chi connectivity index (χ0n) is 15.4. The summed E-state index contributed by atoms with van der Waals surface area (Å²) in [7, 11) is 2.00. The molecule has 0 aliphatic carbocycles. The third-order valence-corrected chi connectivity index (χ3v) is 4.16. The number of rotatable bonds is 6. The Morgan fingerprint density at radius 1 is 1.25 bits per heavy atom. The van der Waals surface area contributed by atoms with E-state index in [-0.39, 0.29) is 6.04 Å². The Kier molecular flexibility index (Phi) is 6.41. The van der Waals surface area contributed by atoms with Crippen molar-refractivity contribution in [1.82, 2.24) is 20.4 Å². The molecular weight excluding hydrogens is 298 g/mol. The van der Waals surface area contributed by atoms with E-state index in [1.54, 1.807) is 0 Å². The van der Waals surface area contributed by atoms with Crippen LogP contribution in [0, 0.1) is 13.8 Å². The second-order valence-electron chi connectivity index (χ2n) is 6.20. The molecule has 2 N–H and O–H groups in total. The van der Waals surface area contributed by atoms with Gasteiger partial charge in [0.2, 0.25) is 0 Å². The van der Waals surface area contributed by atoms with Crippen LogP contribution in [0.2, 0.25) is 0 Å². The second-order valence-corrected chi connectivity index (χ2v) is 6.20. The van der Waals surface area contributed by atoms with Crippen molar-refractivity contribution in [3.05, 3.63) is 52.8 Å². The molecule has 1 heterocycles. The van der Waals surface area contributed by atoms with Gasteiger partial charge in [-0.3, -0.25) is 4.68 Å². The van der Waals surface area contributed by atoms with Crippen LogP contribution in [0.4, 0.5) is 0 Å². The van der Waals surface area contributed by atoms with Gasteiger partial charge in [-0.05, 0) is 45.2 Å². The van der Waals surface area contributed by atoms with Gasteiger partial charge in [-0.2, -0.15) is 5.10 Å². The van der Waals surface area contributed by atoms with Gasteiger partial charge in [0.25, 0.3) is 0 Å². The van der Waals surface area contributed by atoms with Crippen molar-refractivity contribution in [2.24, 2.45) is 12.0 Å². The number of hydrogen-bond donors (Lipinski definition) is 2. The third-order valence-electron chi connectivity index (χ3n) is 4.16. The number of nitrogens with one attached hydrogen (secondary N) is 2. The first-order chi connectivity index (χ1) is 11.5. The highest BCUT2D eigenvalue weighted by molar-refractivity contribution is 5.80. The number of aliphatic imine (C=N–C) groups is 1. The quantitative estimate of drug-likeness (QED) is 0.633. The molecule has 0 bridgehead atoms. The van der Waals surface area contributed by atoms with Crippen LogP contribution in [0.5, 0.6) is 0 Å². The molecule has 0 spiro atoms. The summed E-state index contributed by atoms with van der Waals surface area (Å²) in [5.41, 5.74) is 4.86. The first-order valence-corrected chi connectivity index (χ1v) is 8.59. The molecule has 0 fully saturated rings. The summed E-state index contributed by atoms with van der Waals surface area (Å²) in [6, 6.07) is 10.6. The summed E-state index contributed by atoms with van der Waals surface area (Å²) in [6.07, 6.45) is 0.932. The number of hydrogen-bond acceptors (Lipinski definition) is 2. The van der Waals surface area contributed by atoms with Crippen LogP contribution < -0.4 is 10.6 Å². The lowest BCUT2D eigenvalue weighted by atomic mass is 10.1. The number of benzene rings is 1. The minimum atomic E-state index is 0.278. The van der Waals surface area contributed by atoms with Crippen molar-refractivity contribution < 1.29 is 0 Å². The molecule has 0 saturated heterocycles. The lowest BCUT2D eigenvalue weighted by Gasteiger charge is -2.18. The van der Waals surface area contributed by atoms with Crippen LogP contribution in [-0.2, 0) is 20.0 Å². The maximum Gasteiger partial charge on any atom is 0.191 e. The highest BCUT2D eigenvalue weighted by Crippen LogP contribution is 2.14. The van der Waals surface area contributed by atoms with Gasteiger partial charge < -0.3 is 10.6 Å². The summed E-state index contributed by atoms with van der Waals surface area (Å²) < 4.78 is 1.95. The summed E-state index contributed by atoms with van der Waals surface area (Å²) in [5.74, 6) is 0.855. The molecule has 0 aliphatic heterocycles. The van der Waals surface area contributed by atoms with Gasteiger partial charge in [-0.15, -0.1) is 0 Å². The minimum absolute atomic E-state index is 0.278. The maximum atomic E-state index is 4.69. The predicted octanol–water partition coefficient (Wildman–Crippen LogP) is 2.72. The maximum absolute atomic E-state index is 4.69. The van der Waals surface area contributed by atoms with Crippen molar-refractivity contribution in [2.75, 3.05) is 6.54 Å². The zero-order valence-corrected chi connectivity index (χ0v) is 15.4. The highest BCUT2D eigenvalue weighted by atomic mass is 15.3. The zero-order chi connectivity index (χ0) is 17.5. The molecule has 1 aromatic heterocycles. The van der Waals surface area contributed by atoms with Gasteiger partial charge in [-0.25, -0.2) is 4.99 Å². The summed E-state index contributed by atoms with van der Waals surface area (Å²) in [4.78, 5) is 4.69. The van der Waals surface area contributed by atoms with E-state index in [4.69, 9.17) is 0 Å². The fourth-order valence-corrected chi connectivity index (χ4v) is 2.78. The van der Waals surface area contributed by atoms with E-state index in [2.05, 4.69) is 60.6 Å². The Labute approximate surface area is 145 Å². The first-order valence-electron chi connectivity index (χ1n) is 8.59. The van der Waals surface area contributed by atoms with Gasteiger partial charge in [-0.1, -0.05) is 30.3 Å². The number of aryl methyl sites for hydroxylation is 2. The molecule has 5 heteroatoms. The van der Waals surface area contributed by atoms with Crippen molar-refractivity contribution in [2.45, 2.75) is 46.7 Å². The smallest absolute Gasteiger partial charge is 0.191 e. The van der Waals surface area contributed by atoms with Crippen molar-refractivity contribution in [3.63, 3.8) is 0 Å². The predicted molar refractivity (Wildman–Crippen MR) is 100 cm³/mol. The molecule has 1 unspecified atom stereocenters. The van der Waals surface area contributed by atoms with Crippen LogP contribution in [0.3, 0.4) is 0 Å². The van der Waals surface area contributed by atoms with Gasteiger partial charge in [0.05, 0.1) is 12.2 Å². The van der Waals surface area contributed by atoms with E-state index >= 15 is 0 Å². The number of aromatic nitrogens is 2. The van der Waals surface area contributed by atoms with Crippen LogP contribution in [-0.4, -0.2) is 28.3 Å². The summed E-state index contributed by atoms with van der Waals surface area (Å²) in [6.45, 7) is 9.98. The number of guanidine groups is 1. The molecule has 0 saturated carbocycles. The van der Waals surface area contributed by atoms with Gasteiger partial charge in [0, 0.05) is 25.3 Å². The molecule has 24 heavy (non-hydrogen) atoms. The SMILES string of the molecule is CCNC(=NCc1ccccc1)NC(C)Cc1c(C)nn(C)c1C. The van der Waals surface area contributed by atoms with Crippen LogP contribution in [0.15, 0.2) is 35.3 Å². The van der Waals surface area contributed by atoms with E-state index in [1.165, 1.54) is 16.8 Å². The van der Waals surface area contributed by atoms with Gasteiger partial charge in [0.15, 0.2) is 5.96 Å².